The lowest BCUT2D eigenvalue weighted by Crippen LogP contribution is -2.08. The zero-order valence-electron chi connectivity index (χ0n) is 17.9. The molecule has 6 nitrogen and oxygen atoms in total. The number of hydrogen-bond donors (Lipinski definition) is 2. The third kappa shape index (κ3) is 4.23. The van der Waals surface area contributed by atoms with Gasteiger partial charge in [0.1, 0.15) is 18.5 Å². The maximum atomic E-state index is 13.3. The van der Waals surface area contributed by atoms with Crippen LogP contribution in [0.1, 0.15) is 22.3 Å². The third-order valence-corrected chi connectivity index (χ3v) is 5.36. The van der Waals surface area contributed by atoms with Crippen LogP contribution in [0, 0.1) is 6.92 Å². The smallest absolute Gasteiger partial charge is 0.200 e. The second kappa shape index (κ2) is 9.26. The molecule has 3 aromatic carbocycles. The molecule has 0 saturated heterocycles. The van der Waals surface area contributed by atoms with Crippen LogP contribution in [0.4, 0.5) is 0 Å². The van der Waals surface area contributed by atoms with Crippen LogP contribution in [0.2, 0.25) is 0 Å². The fourth-order valence-electron chi connectivity index (χ4n) is 3.62. The zero-order chi connectivity index (χ0) is 22.7. The number of ether oxygens (including phenoxy) is 2. The highest BCUT2D eigenvalue weighted by molar-refractivity contribution is 5.85. The molecular weight excluding hydrogens is 408 g/mol. The number of hydrogen-bond acceptors (Lipinski definition) is 6. The number of aryl methyl sites for hydroxylation is 1. The molecule has 0 aliphatic heterocycles. The topological polar surface area (TPSA) is 89.1 Å². The van der Waals surface area contributed by atoms with E-state index >= 15 is 0 Å². The van der Waals surface area contributed by atoms with Crippen molar-refractivity contribution in [1.82, 2.24) is 0 Å². The van der Waals surface area contributed by atoms with Gasteiger partial charge in [-0.15, -0.1) is 0 Å². The fourth-order valence-corrected chi connectivity index (χ4v) is 3.62. The fraction of sp³-hybridized carbons (Fsp3) is 0.192. The van der Waals surface area contributed by atoms with Crippen molar-refractivity contribution in [3.05, 3.63) is 93.3 Å². The van der Waals surface area contributed by atoms with Gasteiger partial charge in [-0.05, 0) is 47.4 Å². The molecule has 32 heavy (non-hydrogen) atoms. The molecule has 6 heteroatoms. The Bertz CT molecular complexity index is 1300. The Morgan fingerprint density at radius 1 is 0.906 bits per heavy atom. The van der Waals surface area contributed by atoms with E-state index in [-0.39, 0.29) is 18.6 Å². The predicted molar refractivity (Wildman–Crippen MR) is 122 cm³/mol. The zero-order valence-corrected chi connectivity index (χ0v) is 17.9. The van der Waals surface area contributed by atoms with Gasteiger partial charge in [0, 0.05) is 0 Å². The molecule has 164 valence electrons. The largest absolute Gasteiger partial charge is 0.493 e. The van der Waals surface area contributed by atoms with Gasteiger partial charge in [0.15, 0.2) is 11.5 Å². The summed E-state index contributed by atoms with van der Waals surface area (Å²) in [4.78, 5) is 13.3. The molecule has 2 N–H and O–H groups in total. The molecule has 0 fully saturated rings. The highest BCUT2D eigenvalue weighted by Gasteiger charge is 2.16. The summed E-state index contributed by atoms with van der Waals surface area (Å²) in [5, 5.41) is 19.5. The molecule has 0 spiro atoms. The van der Waals surface area contributed by atoms with E-state index in [1.807, 2.05) is 31.2 Å². The van der Waals surface area contributed by atoms with E-state index in [4.69, 9.17) is 13.9 Å². The van der Waals surface area contributed by atoms with E-state index in [9.17, 15) is 15.0 Å². The first-order valence-electron chi connectivity index (χ1n) is 10.2. The SMILES string of the molecule is COc1ccc(-c2coc3cc(CO)cc(CO)c3c2=O)cc1OCc1ccc(C)cc1. The van der Waals surface area contributed by atoms with E-state index in [1.165, 1.54) is 11.8 Å². The van der Waals surface area contributed by atoms with Gasteiger partial charge in [-0.25, -0.2) is 0 Å². The summed E-state index contributed by atoms with van der Waals surface area (Å²) in [5.41, 5.74) is 4.15. The molecule has 4 aromatic rings. The number of aliphatic hydroxyl groups is 2. The van der Waals surface area contributed by atoms with Crippen molar-refractivity contribution >= 4 is 11.0 Å². The summed E-state index contributed by atoms with van der Waals surface area (Å²) in [6.07, 6.45) is 1.39. The second-order valence-electron chi connectivity index (χ2n) is 7.56. The predicted octanol–water partition coefficient (Wildman–Crippen LogP) is 4.34. The lowest BCUT2D eigenvalue weighted by Gasteiger charge is -2.13. The van der Waals surface area contributed by atoms with Crippen LogP contribution in [0.3, 0.4) is 0 Å². The molecule has 1 aromatic heterocycles. The molecule has 0 aliphatic rings. The van der Waals surface area contributed by atoms with Crippen molar-refractivity contribution in [2.45, 2.75) is 26.7 Å². The van der Waals surface area contributed by atoms with Gasteiger partial charge in [-0.1, -0.05) is 42.0 Å². The number of rotatable bonds is 7. The number of methoxy groups -OCH3 is 1. The van der Waals surface area contributed by atoms with E-state index in [0.717, 1.165) is 5.56 Å². The molecule has 0 bridgehead atoms. The first kappa shape index (κ1) is 21.6. The van der Waals surface area contributed by atoms with Crippen LogP contribution < -0.4 is 14.9 Å². The minimum atomic E-state index is -0.341. The van der Waals surface area contributed by atoms with Crippen molar-refractivity contribution in [1.29, 1.82) is 0 Å². The number of benzene rings is 3. The lowest BCUT2D eigenvalue weighted by molar-refractivity contribution is 0.276. The number of fused-ring (bicyclic) bond motifs is 1. The minimum Gasteiger partial charge on any atom is -0.493 e. The Labute approximate surface area is 185 Å². The van der Waals surface area contributed by atoms with Gasteiger partial charge >= 0.3 is 0 Å². The summed E-state index contributed by atoms with van der Waals surface area (Å²) < 4.78 is 17.1. The highest BCUT2D eigenvalue weighted by atomic mass is 16.5. The van der Waals surface area contributed by atoms with E-state index in [1.54, 1.807) is 37.4 Å². The summed E-state index contributed by atoms with van der Waals surface area (Å²) in [5.74, 6) is 1.05. The average molecular weight is 432 g/mol. The molecule has 0 unspecified atom stereocenters. The Kier molecular flexibility index (Phi) is 6.25. The van der Waals surface area contributed by atoms with Gasteiger partial charge in [0.05, 0.1) is 31.3 Å². The molecule has 0 aliphatic carbocycles. The highest BCUT2D eigenvalue weighted by Crippen LogP contribution is 2.33. The van der Waals surface area contributed by atoms with Crippen molar-refractivity contribution in [3.63, 3.8) is 0 Å². The maximum Gasteiger partial charge on any atom is 0.200 e. The monoisotopic (exact) mass is 432 g/mol. The van der Waals surface area contributed by atoms with E-state index in [0.29, 0.717) is 51.3 Å². The van der Waals surface area contributed by atoms with Crippen molar-refractivity contribution in [3.8, 4) is 22.6 Å². The van der Waals surface area contributed by atoms with E-state index in [2.05, 4.69) is 0 Å². The molecule has 0 saturated carbocycles. The quantitative estimate of drug-likeness (QED) is 0.452. The van der Waals surface area contributed by atoms with Gasteiger partial charge in [0.25, 0.3) is 0 Å². The number of aliphatic hydroxyl groups excluding tert-OH is 2. The van der Waals surface area contributed by atoms with Crippen molar-refractivity contribution < 1.29 is 24.1 Å². The Morgan fingerprint density at radius 2 is 1.69 bits per heavy atom. The molecule has 0 radical (unpaired) electrons. The Morgan fingerprint density at radius 3 is 2.38 bits per heavy atom. The lowest BCUT2D eigenvalue weighted by atomic mass is 10.0. The van der Waals surface area contributed by atoms with Crippen LogP contribution in [0.5, 0.6) is 11.5 Å². The van der Waals surface area contributed by atoms with Crippen LogP contribution in [-0.2, 0) is 19.8 Å². The molecule has 0 amide bonds. The first-order chi connectivity index (χ1) is 15.5. The normalized spacial score (nSPS) is 11.0. The summed E-state index contributed by atoms with van der Waals surface area (Å²) >= 11 is 0. The van der Waals surface area contributed by atoms with Gasteiger partial charge in [0.2, 0.25) is 5.43 Å². The summed E-state index contributed by atoms with van der Waals surface area (Å²) in [6, 6.07) is 16.5. The standard InChI is InChI=1S/C26H24O6/c1-16-3-5-17(6-4-16)14-31-23-11-19(7-8-22(23)30-2)21-15-32-24-10-18(12-27)9-20(13-28)25(24)26(21)29/h3-11,15,27-28H,12-14H2,1-2H3. The summed E-state index contributed by atoms with van der Waals surface area (Å²) in [7, 11) is 1.56. The molecular formula is C26H24O6. The van der Waals surface area contributed by atoms with E-state index < -0.39 is 0 Å². The molecule has 1 heterocycles. The van der Waals surface area contributed by atoms with Crippen LogP contribution >= 0.6 is 0 Å². The average Bonchev–Trinajstić information content (AvgIpc) is 2.83. The minimum absolute atomic E-state index is 0.214. The third-order valence-electron chi connectivity index (χ3n) is 5.36. The van der Waals surface area contributed by atoms with Gasteiger partial charge in [-0.2, -0.15) is 0 Å². The van der Waals surface area contributed by atoms with Gasteiger partial charge in [-0.3, -0.25) is 4.79 Å². The van der Waals surface area contributed by atoms with Crippen LogP contribution in [0.15, 0.2) is 70.1 Å². The van der Waals surface area contributed by atoms with Crippen molar-refractivity contribution in [2.24, 2.45) is 0 Å². The van der Waals surface area contributed by atoms with Crippen LogP contribution in [-0.4, -0.2) is 17.3 Å². The maximum absolute atomic E-state index is 13.3. The van der Waals surface area contributed by atoms with Crippen LogP contribution in [0.25, 0.3) is 22.1 Å². The Balaban J connectivity index is 1.74. The Hall–Kier alpha value is -3.61. The first-order valence-corrected chi connectivity index (χ1v) is 10.2. The molecule has 0 atom stereocenters. The second-order valence-corrected chi connectivity index (χ2v) is 7.56. The summed E-state index contributed by atoms with van der Waals surface area (Å²) in [6.45, 7) is 1.82. The molecule has 4 rings (SSSR count). The van der Waals surface area contributed by atoms with Gasteiger partial charge < -0.3 is 24.1 Å². The van der Waals surface area contributed by atoms with Crippen molar-refractivity contribution in [2.75, 3.05) is 7.11 Å².